The summed E-state index contributed by atoms with van der Waals surface area (Å²) in [5.74, 6) is 0. The lowest BCUT2D eigenvalue weighted by molar-refractivity contribution is 1.38. The lowest BCUT2D eigenvalue weighted by Gasteiger charge is -2.14. The molecular weight excluding hydrogens is 228 g/mol. The van der Waals surface area contributed by atoms with E-state index in [-0.39, 0.29) is 0 Å². The largest absolute Gasteiger partial charge is 0.561 e. The van der Waals surface area contributed by atoms with E-state index in [0.29, 0.717) is 15.7 Å². The summed E-state index contributed by atoms with van der Waals surface area (Å²) in [7, 11) is 6.34. The first kappa shape index (κ1) is 13.1. The van der Waals surface area contributed by atoms with Gasteiger partial charge in [0.25, 0.3) is 0 Å². The molecule has 0 rings (SSSR count). The Morgan fingerprint density at radius 1 is 1.09 bits per heavy atom. The summed E-state index contributed by atoms with van der Waals surface area (Å²) in [6.07, 6.45) is 8.21. The summed E-state index contributed by atoms with van der Waals surface area (Å²) in [6.45, 7) is 0. The molecule has 0 aromatic heterocycles. The molecule has 11 heavy (non-hydrogen) atoms. The van der Waals surface area contributed by atoms with Gasteiger partial charge >= 0.3 is 0 Å². The van der Waals surface area contributed by atoms with Crippen LogP contribution >= 0.6 is 34.2 Å². The Kier molecular flexibility index (Phi) is 12.1. The van der Waals surface area contributed by atoms with Crippen LogP contribution in [0.3, 0.4) is 0 Å². The van der Waals surface area contributed by atoms with Crippen LogP contribution in [0.4, 0.5) is 0 Å². The first-order valence-electron chi connectivity index (χ1n) is 3.91. The molecule has 0 saturated carbocycles. The second kappa shape index (κ2) is 10.2. The van der Waals surface area contributed by atoms with Gasteiger partial charge in [-0.3, -0.25) is 0 Å². The fourth-order valence-corrected chi connectivity index (χ4v) is 7.36. The number of hydrogen-bond donors (Lipinski definition) is 0. The van der Waals surface area contributed by atoms with Crippen molar-refractivity contribution in [1.82, 2.24) is 0 Å². The number of hydrogen-bond acceptors (Lipinski definition) is 1. The highest BCUT2D eigenvalue weighted by atomic mass is 32.7. The maximum absolute atomic E-state index is 5.02. The maximum atomic E-state index is 5.02. The van der Waals surface area contributed by atoms with E-state index in [9.17, 15) is 0 Å². The Bertz CT molecular complexity index is 75.0. The SMILES string of the molecule is PCCP(CCP)CC[PH2+][S-]. The van der Waals surface area contributed by atoms with Crippen LogP contribution in [0, 0.1) is 0 Å². The fraction of sp³-hybridized carbons (Fsp3) is 1.00. The van der Waals surface area contributed by atoms with Gasteiger partial charge in [0, 0.05) is 6.16 Å². The van der Waals surface area contributed by atoms with Gasteiger partial charge in [0.2, 0.25) is 0 Å². The van der Waals surface area contributed by atoms with Crippen molar-refractivity contribution < 1.29 is 0 Å². The molecule has 0 fully saturated rings. The van der Waals surface area contributed by atoms with Crippen molar-refractivity contribution in [1.29, 1.82) is 0 Å². The van der Waals surface area contributed by atoms with Crippen LogP contribution in [0.5, 0.6) is 0 Å². The van der Waals surface area contributed by atoms with Gasteiger partial charge in [0.1, 0.15) is 0 Å². The molecule has 0 aliphatic rings. The van der Waals surface area contributed by atoms with Crippen LogP contribution in [-0.2, 0) is 12.2 Å². The van der Waals surface area contributed by atoms with Crippen LogP contribution < -0.4 is 0 Å². The highest BCUT2D eigenvalue weighted by molar-refractivity contribution is 8.25. The zero-order valence-corrected chi connectivity index (χ0v) is 12.0. The molecular formula is C6H18P4S. The highest BCUT2D eigenvalue weighted by Crippen LogP contribution is 2.36. The highest BCUT2D eigenvalue weighted by Gasteiger charge is 2.04. The van der Waals surface area contributed by atoms with Gasteiger partial charge < -0.3 is 12.2 Å². The molecule has 3 atom stereocenters. The van der Waals surface area contributed by atoms with Crippen molar-refractivity contribution in [2.45, 2.75) is 0 Å². The molecule has 5 heteroatoms. The van der Waals surface area contributed by atoms with Gasteiger partial charge in [-0.1, -0.05) is 0 Å². The average molecular weight is 246 g/mol. The number of rotatable bonds is 7. The maximum Gasteiger partial charge on any atom is 0.0392 e. The topological polar surface area (TPSA) is 0 Å². The molecule has 0 N–H and O–H groups in total. The Morgan fingerprint density at radius 3 is 2.00 bits per heavy atom. The zero-order chi connectivity index (χ0) is 8.53. The summed E-state index contributed by atoms with van der Waals surface area (Å²) in [4.78, 5) is 0. The Hall–Kier alpha value is 2.07. The van der Waals surface area contributed by atoms with Crippen molar-refractivity contribution in [2.24, 2.45) is 0 Å². The molecule has 0 saturated heterocycles. The van der Waals surface area contributed by atoms with Gasteiger partial charge in [-0.15, -0.1) is 34.2 Å². The molecule has 0 bridgehead atoms. The van der Waals surface area contributed by atoms with E-state index in [4.69, 9.17) is 12.2 Å². The Labute approximate surface area is 83.5 Å². The van der Waals surface area contributed by atoms with Crippen molar-refractivity contribution in [2.75, 3.05) is 37.0 Å². The molecule has 68 valence electrons. The van der Waals surface area contributed by atoms with E-state index in [0.717, 1.165) is 0 Å². The molecule has 0 aromatic rings. The predicted octanol–water partition coefficient (Wildman–Crippen LogP) is 2.09. The molecule has 0 spiro atoms. The molecule has 0 nitrogen and oxygen atoms in total. The van der Waals surface area contributed by atoms with Crippen molar-refractivity contribution in [3.05, 3.63) is 0 Å². The van der Waals surface area contributed by atoms with E-state index in [1.54, 1.807) is 0 Å². The van der Waals surface area contributed by atoms with Crippen LogP contribution in [0.15, 0.2) is 0 Å². The third-order valence-corrected chi connectivity index (χ3v) is 7.39. The molecule has 0 aliphatic heterocycles. The quantitative estimate of drug-likeness (QED) is 0.489. The first-order valence-corrected chi connectivity index (χ1v) is 10.1. The summed E-state index contributed by atoms with van der Waals surface area (Å²) >= 11 is 5.02. The minimum absolute atomic E-state index is 0.334. The molecule has 0 heterocycles. The zero-order valence-electron chi connectivity index (χ0n) is 6.83. The third-order valence-electron chi connectivity index (χ3n) is 1.45. The molecule has 0 radical (unpaired) electrons. The summed E-state index contributed by atoms with van der Waals surface area (Å²) in [6, 6.07) is 0. The van der Waals surface area contributed by atoms with Crippen molar-refractivity contribution in [3.8, 4) is 0 Å². The third kappa shape index (κ3) is 8.40. The normalized spacial score (nSPS) is 12.0. The summed E-state index contributed by atoms with van der Waals surface area (Å²) < 4.78 is 0. The van der Waals surface area contributed by atoms with Crippen molar-refractivity contribution >= 4 is 46.4 Å². The van der Waals surface area contributed by atoms with Gasteiger partial charge in [0.05, 0.1) is 0 Å². The fourth-order valence-electron chi connectivity index (χ4n) is 0.936. The smallest absolute Gasteiger partial charge is 0.0392 e. The Balaban J connectivity index is 3.34. The van der Waals surface area contributed by atoms with E-state index in [1.165, 1.54) is 37.0 Å². The molecule has 3 unspecified atom stereocenters. The van der Waals surface area contributed by atoms with Gasteiger partial charge in [-0.25, -0.2) is 0 Å². The second-order valence-corrected chi connectivity index (χ2v) is 8.12. The molecule has 0 aliphatic carbocycles. The van der Waals surface area contributed by atoms with E-state index in [1.807, 2.05) is 0 Å². The lowest BCUT2D eigenvalue weighted by atomic mass is 10.9. The van der Waals surface area contributed by atoms with Gasteiger partial charge in [-0.05, 0) is 30.8 Å². The monoisotopic (exact) mass is 246 g/mol. The summed E-state index contributed by atoms with van der Waals surface area (Å²) in [5, 5.41) is 0. The van der Waals surface area contributed by atoms with E-state index in [2.05, 4.69) is 18.5 Å². The van der Waals surface area contributed by atoms with Crippen LogP contribution in [0.2, 0.25) is 0 Å². The minimum atomic E-state index is 0.334. The molecule has 0 aromatic carbocycles. The first-order chi connectivity index (χ1) is 5.35. The van der Waals surface area contributed by atoms with Gasteiger partial charge in [0.15, 0.2) is 0 Å². The van der Waals surface area contributed by atoms with Crippen LogP contribution in [-0.4, -0.2) is 37.0 Å². The van der Waals surface area contributed by atoms with E-state index >= 15 is 0 Å². The lowest BCUT2D eigenvalue weighted by Crippen LogP contribution is -1.98. The van der Waals surface area contributed by atoms with Gasteiger partial charge in [-0.2, -0.15) is 0 Å². The average Bonchev–Trinajstić information content (AvgIpc) is 2.01. The minimum Gasteiger partial charge on any atom is -0.561 e. The van der Waals surface area contributed by atoms with Crippen LogP contribution in [0.25, 0.3) is 0 Å². The second-order valence-electron chi connectivity index (χ2n) is 2.37. The van der Waals surface area contributed by atoms with Crippen LogP contribution in [0.1, 0.15) is 0 Å². The molecule has 0 amide bonds. The summed E-state index contributed by atoms with van der Waals surface area (Å²) in [5.41, 5.74) is 0. The Morgan fingerprint density at radius 2 is 1.64 bits per heavy atom. The standard InChI is InChI=1S/C6H18P4S/c7-1-4-10(5-2-8)6-3-9-11/h1-9H2. The predicted molar refractivity (Wildman–Crippen MR) is 72.6 cm³/mol. The van der Waals surface area contributed by atoms with E-state index < -0.39 is 0 Å². The van der Waals surface area contributed by atoms with Crippen molar-refractivity contribution in [3.63, 3.8) is 0 Å².